The van der Waals surface area contributed by atoms with Crippen LogP contribution in [-0.4, -0.2) is 68.5 Å². The van der Waals surface area contributed by atoms with Crippen molar-refractivity contribution in [3.8, 4) is 0 Å². The molecule has 3 rings (SSSR count). The van der Waals surface area contributed by atoms with Crippen LogP contribution in [0.15, 0.2) is 36.5 Å². The van der Waals surface area contributed by atoms with Gasteiger partial charge in [-0.05, 0) is 11.6 Å². The Morgan fingerprint density at radius 1 is 1.24 bits per heavy atom. The molecule has 1 fully saturated rings. The Hall–Kier alpha value is -2.02. The number of hydrogen-bond acceptors (Lipinski definition) is 5. The quantitative estimate of drug-likeness (QED) is 0.826. The number of nitrogens with zero attached hydrogens (tertiary/aromatic N) is 2. The first-order valence-electron chi connectivity index (χ1n) is 8.37. The van der Waals surface area contributed by atoms with E-state index in [0.29, 0.717) is 13.2 Å². The number of benzene rings is 1. The number of methoxy groups -OCH3 is 2. The number of likely N-dealkylation sites (N-methyl/N-ethyl adjacent to an activating group) is 1. The zero-order chi connectivity index (χ0) is 17.8. The highest BCUT2D eigenvalue weighted by molar-refractivity contribution is 5.87. The van der Waals surface area contributed by atoms with Crippen molar-refractivity contribution in [2.45, 2.75) is 24.7 Å². The maximum absolute atomic E-state index is 12.9. The summed E-state index contributed by atoms with van der Waals surface area (Å²) in [7, 11) is 5.06. The zero-order valence-electron chi connectivity index (χ0n) is 14.8. The first kappa shape index (κ1) is 17.8. The first-order chi connectivity index (χ1) is 12.2. The fourth-order valence-electron chi connectivity index (χ4n) is 3.37. The highest BCUT2D eigenvalue weighted by atomic mass is 16.6. The van der Waals surface area contributed by atoms with Gasteiger partial charge in [-0.3, -0.25) is 9.78 Å². The second-order valence-electron chi connectivity index (χ2n) is 6.25. The van der Waals surface area contributed by atoms with Gasteiger partial charge in [-0.15, -0.1) is 0 Å². The van der Waals surface area contributed by atoms with Crippen LogP contribution in [0.5, 0.6) is 0 Å². The highest BCUT2D eigenvalue weighted by Crippen LogP contribution is 2.21. The molecule has 0 bridgehead atoms. The number of para-hydroxylation sites is 1. The Labute approximate surface area is 147 Å². The summed E-state index contributed by atoms with van der Waals surface area (Å²) in [6.07, 6.45) is 1.64. The molecule has 0 radical (unpaired) electrons. The lowest BCUT2D eigenvalue weighted by atomic mass is 10.0. The predicted molar refractivity (Wildman–Crippen MR) is 94.4 cm³/mol. The van der Waals surface area contributed by atoms with Gasteiger partial charge in [0.25, 0.3) is 0 Å². The molecule has 6 heteroatoms. The van der Waals surface area contributed by atoms with Gasteiger partial charge in [-0.25, -0.2) is 0 Å². The highest BCUT2D eigenvalue weighted by Gasteiger charge is 2.38. The topological polar surface area (TPSA) is 60.9 Å². The van der Waals surface area contributed by atoms with Gasteiger partial charge in [-0.2, -0.15) is 0 Å². The number of carbonyl (C=O) groups is 1. The summed E-state index contributed by atoms with van der Waals surface area (Å²) in [5.74, 6) is 0.00514. The van der Waals surface area contributed by atoms with Crippen molar-refractivity contribution in [3.05, 3.63) is 42.1 Å². The van der Waals surface area contributed by atoms with Crippen LogP contribution in [0.4, 0.5) is 0 Å². The Kier molecular flexibility index (Phi) is 5.63. The summed E-state index contributed by atoms with van der Waals surface area (Å²) in [5, 5.41) is 1.03. The van der Waals surface area contributed by atoms with E-state index in [4.69, 9.17) is 14.2 Å². The lowest BCUT2D eigenvalue weighted by Gasteiger charge is -2.40. The molecule has 0 unspecified atom stereocenters. The van der Waals surface area contributed by atoms with Crippen molar-refractivity contribution in [3.63, 3.8) is 0 Å². The van der Waals surface area contributed by atoms with Crippen LogP contribution in [0.1, 0.15) is 5.56 Å². The summed E-state index contributed by atoms with van der Waals surface area (Å²) in [4.78, 5) is 19.0. The molecule has 0 aliphatic carbocycles. The minimum Gasteiger partial charge on any atom is -0.376 e. The predicted octanol–water partition coefficient (Wildman–Crippen LogP) is 1.66. The largest absolute Gasteiger partial charge is 0.376 e. The van der Waals surface area contributed by atoms with E-state index in [1.807, 2.05) is 30.3 Å². The minimum absolute atomic E-state index is 0.00514. The number of pyridine rings is 1. The summed E-state index contributed by atoms with van der Waals surface area (Å²) >= 11 is 0. The molecule has 6 nitrogen and oxygen atoms in total. The molecule has 1 aromatic heterocycles. The van der Waals surface area contributed by atoms with Crippen LogP contribution >= 0.6 is 0 Å². The minimum atomic E-state index is -0.210. The van der Waals surface area contributed by atoms with Crippen molar-refractivity contribution in [2.24, 2.45) is 0 Å². The average Bonchev–Trinajstić information content (AvgIpc) is 2.66. The lowest BCUT2D eigenvalue weighted by molar-refractivity contribution is -0.164. The summed E-state index contributed by atoms with van der Waals surface area (Å²) in [5.41, 5.74) is 1.79. The number of aromatic nitrogens is 1. The van der Waals surface area contributed by atoms with E-state index in [-0.39, 0.29) is 30.6 Å². The van der Waals surface area contributed by atoms with Gasteiger partial charge in [0.2, 0.25) is 5.91 Å². The molecule has 0 saturated carbocycles. The van der Waals surface area contributed by atoms with Gasteiger partial charge in [0, 0.05) is 32.9 Å². The van der Waals surface area contributed by atoms with Crippen molar-refractivity contribution in [2.75, 3.05) is 34.5 Å². The first-order valence-corrected chi connectivity index (χ1v) is 8.37. The fourth-order valence-corrected chi connectivity index (χ4v) is 3.37. The smallest absolute Gasteiger partial charge is 0.227 e. The normalized spacial score (nSPS) is 23.6. The second kappa shape index (κ2) is 7.91. The molecule has 1 amide bonds. The lowest BCUT2D eigenvalue weighted by Crippen LogP contribution is -2.57. The zero-order valence-corrected chi connectivity index (χ0v) is 14.8. The molecule has 1 aliphatic rings. The van der Waals surface area contributed by atoms with Crippen molar-refractivity contribution in [1.29, 1.82) is 0 Å². The maximum Gasteiger partial charge on any atom is 0.227 e. The molecular weight excluding hydrogens is 320 g/mol. The average molecular weight is 344 g/mol. The van der Waals surface area contributed by atoms with Crippen LogP contribution in [0.2, 0.25) is 0 Å². The van der Waals surface area contributed by atoms with Gasteiger partial charge in [0.05, 0.1) is 31.2 Å². The number of hydrogen-bond donors (Lipinski definition) is 0. The van der Waals surface area contributed by atoms with Crippen LogP contribution in [0.3, 0.4) is 0 Å². The third-order valence-electron chi connectivity index (χ3n) is 4.84. The molecule has 2 heterocycles. The van der Waals surface area contributed by atoms with Crippen molar-refractivity contribution in [1.82, 2.24) is 9.88 Å². The van der Waals surface area contributed by atoms with Crippen LogP contribution in [0, 0.1) is 0 Å². The Morgan fingerprint density at radius 2 is 2.04 bits per heavy atom. The number of rotatable bonds is 5. The van der Waals surface area contributed by atoms with Crippen LogP contribution < -0.4 is 0 Å². The SMILES string of the molecule is CO[C@H]1[C@H](N(C)C(=O)Cc2cccc3cccnc23)COC[C@H]1OC. The number of fused-ring (bicyclic) bond motifs is 1. The Balaban J connectivity index is 1.78. The summed E-state index contributed by atoms with van der Waals surface area (Å²) < 4.78 is 16.6. The fraction of sp³-hybridized carbons (Fsp3) is 0.474. The molecular formula is C19H24N2O4. The third-order valence-corrected chi connectivity index (χ3v) is 4.84. The van der Waals surface area contributed by atoms with Gasteiger partial charge in [-0.1, -0.05) is 24.3 Å². The molecule has 25 heavy (non-hydrogen) atoms. The van der Waals surface area contributed by atoms with Crippen molar-refractivity contribution < 1.29 is 19.0 Å². The molecule has 1 aliphatic heterocycles. The van der Waals surface area contributed by atoms with E-state index in [1.165, 1.54) is 0 Å². The van der Waals surface area contributed by atoms with E-state index in [9.17, 15) is 4.79 Å². The van der Waals surface area contributed by atoms with Gasteiger partial charge in [0.1, 0.15) is 12.2 Å². The van der Waals surface area contributed by atoms with E-state index in [2.05, 4.69) is 4.98 Å². The van der Waals surface area contributed by atoms with E-state index < -0.39 is 0 Å². The van der Waals surface area contributed by atoms with Gasteiger partial charge < -0.3 is 19.1 Å². The standard InChI is InChI=1S/C19H24N2O4/c1-21(15-11-25-12-16(23-2)19(15)24-3)17(22)10-14-7-4-6-13-8-5-9-20-18(13)14/h4-9,15-16,19H,10-12H2,1-3H3/t15-,16-,19+/m1/s1. The number of carbonyl (C=O) groups excluding carboxylic acids is 1. The van der Waals surface area contributed by atoms with E-state index in [0.717, 1.165) is 16.5 Å². The molecule has 0 N–H and O–H groups in total. The van der Waals surface area contributed by atoms with Crippen LogP contribution in [-0.2, 0) is 25.4 Å². The molecule has 1 aromatic carbocycles. The molecule has 3 atom stereocenters. The third kappa shape index (κ3) is 3.66. The Bertz CT molecular complexity index is 731. The molecule has 2 aromatic rings. The molecule has 134 valence electrons. The van der Waals surface area contributed by atoms with Crippen molar-refractivity contribution >= 4 is 16.8 Å². The second-order valence-corrected chi connectivity index (χ2v) is 6.25. The maximum atomic E-state index is 12.9. The summed E-state index contributed by atoms with van der Waals surface area (Å²) in [6.45, 7) is 0.912. The van der Waals surface area contributed by atoms with Gasteiger partial charge in [0.15, 0.2) is 0 Å². The number of amides is 1. The van der Waals surface area contributed by atoms with Gasteiger partial charge >= 0.3 is 0 Å². The van der Waals surface area contributed by atoms with Crippen LogP contribution in [0.25, 0.3) is 10.9 Å². The monoisotopic (exact) mass is 344 g/mol. The summed E-state index contributed by atoms with van der Waals surface area (Å²) in [6, 6.07) is 9.62. The van der Waals surface area contributed by atoms with E-state index in [1.54, 1.807) is 32.4 Å². The number of ether oxygens (including phenoxy) is 3. The molecule has 1 saturated heterocycles. The van der Waals surface area contributed by atoms with E-state index >= 15 is 0 Å². The molecule has 0 spiro atoms. The Morgan fingerprint density at radius 3 is 2.80 bits per heavy atom.